The van der Waals surface area contributed by atoms with Gasteiger partial charge in [0.25, 0.3) is 0 Å². The Morgan fingerprint density at radius 1 is 0.338 bits per heavy atom. The second-order valence-electron chi connectivity index (χ2n) is 17.0. The molecule has 1 unspecified atom stereocenters. The van der Waals surface area contributed by atoms with Gasteiger partial charge in [-0.2, -0.15) is 0 Å². The molecule has 0 aliphatic carbocycles. The van der Waals surface area contributed by atoms with Crippen molar-refractivity contribution in [2.24, 2.45) is 0 Å². The van der Waals surface area contributed by atoms with Gasteiger partial charge in [0.2, 0.25) is 0 Å². The predicted octanol–water partition coefficient (Wildman–Crippen LogP) is 17.5. The minimum atomic E-state index is -0.846. The Labute approximate surface area is 400 Å². The quantitative estimate of drug-likeness (QED) is 0.0262. The minimum absolute atomic E-state index is 0.0870. The molecule has 0 amide bonds. The lowest BCUT2D eigenvalue weighted by Crippen LogP contribution is -2.30. The van der Waals surface area contributed by atoms with Crippen LogP contribution in [0, 0.1) is 0 Å². The van der Waals surface area contributed by atoms with E-state index in [2.05, 4.69) is 118 Å². The van der Waals surface area contributed by atoms with Gasteiger partial charge in [-0.3, -0.25) is 14.4 Å². The van der Waals surface area contributed by atoms with Crippen molar-refractivity contribution in [1.82, 2.24) is 0 Å². The number of allylic oxidation sites excluding steroid dienone is 17. The van der Waals surface area contributed by atoms with Gasteiger partial charge in [0.05, 0.1) is 6.42 Å². The molecule has 368 valence electrons. The minimum Gasteiger partial charge on any atom is -0.462 e. The molecule has 6 heteroatoms. The van der Waals surface area contributed by atoms with E-state index in [1.165, 1.54) is 89.9 Å². The maximum Gasteiger partial charge on any atom is 0.310 e. The predicted molar refractivity (Wildman–Crippen MR) is 279 cm³/mol. The first-order valence-corrected chi connectivity index (χ1v) is 26.4. The molecule has 0 saturated carbocycles. The average Bonchev–Trinajstić information content (AvgIpc) is 3.30. The summed E-state index contributed by atoms with van der Waals surface area (Å²) in [5.41, 5.74) is 0. The van der Waals surface area contributed by atoms with Gasteiger partial charge in [-0.1, -0.05) is 214 Å². The van der Waals surface area contributed by atoms with Crippen LogP contribution in [0.1, 0.15) is 226 Å². The first-order chi connectivity index (χ1) is 32.0. The van der Waals surface area contributed by atoms with E-state index in [9.17, 15) is 14.4 Å². The van der Waals surface area contributed by atoms with Crippen molar-refractivity contribution in [3.63, 3.8) is 0 Å². The first-order valence-electron chi connectivity index (χ1n) is 26.4. The van der Waals surface area contributed by atoms with Crippen LogP contribution in [-0.2, 0) is 28.6 Å². The van der Waals surface area contributed by atoms with Crippen molar-refractivity contribution in [3.8, 4) is 0 Å². The summed E-state index contributed by atoms with van der Waals surface area (Å²) in [6.07, 6.45) is 71.0. The van der Waals surface area contributed by atoms with Gasteiger partial charge in [0.1, 0.15) is 13.2 Å². The maximum absolute atomic E-state index is 12.7. The van der Waals surface area contributed by atoms with Gasteiger partial charge in [-0.05, 0) is 103 Å². The van der Waals surface area contributed by atoms with Gasteiger partial charge in [0, 0.05) is 12.8 Å². The highest BCUT2D eigenvalue weighted by Crippen LogP contribution is 2.14. The second-order valence-corrected chi connectivity index (χ2v) is 17.0. The van der Waals surface area contributed by atoms with Crippen molar-refractivity contribution in [3.05, 3.63) is 109 Å². The van der Waals surface area contributed by atoms with Crippen LogP contribution in [0.5, 0.6) is 0 Å². The van der Waals surface area contributed by atoms with E-state index in [0.717, 1.165) is 89.9 Å². The average molecular weight is 901 g/mol. The Hall–Kier alpha value is -3.93. The summed E-state index contributed by atoms with van der Waals surface area (Å²) in [6, 6.07) is 0. The van der Waals surface area contributed by atoms with Crippen molar-refractivity contribution < 1.29 is 28.6 Å². The lowest BCUT2D eigenvalue weighted by Gasteiger charge is -2.18. The lowest BCUT2D eigenvalue weighted by atomic mass is 10.1. The van der Waals surface area contributed by atoms with Gasteiger partial charge < -0.3 is 14.2 Å². The molecule has 0 N–H and O–H groups in total. The number of ether oxygens (including phenoxy) is 3. The number of rotatable bonds is 46. The smallest absolute Gasteiger partial charge is 0.310 e. The third-order valence-electron chi connectivity index (χ3n) is 10.8. The summed E-state index contributed by atoms with van der Waals surface area (Å²) in [4.78, 5) is 37.9. The molecule has 6 nitrogen and oxygen atoms in total. The van der Waals surface area contributed by atoms with E-state index >= 15 is 0 Å². The summed E-state index contributed by atoms with van der Waals surface area (Å²) >= 11 is 0. The monoisotopic (exact) mass is 901 g/mol. The normalized spacial score (nSPS) is 13.0. The molecule has 0 heterocycles. The zero-order chi connectivity index (χ0) is 47.2. The Balaban J connectivity index is 4.51. The third-order valence-corrected chi connectivity index (χ3v) is 10.8. The van der Waals surface area contributed by atoms with Crippen LogP contribution in [0.15, 0.2) is 109 Å². The van der Waals surface area contributed by atoms with Crippen molar-refractivity contribution in [2.75, 3.05) is 13.2 Å². The summed E-state index contributed by atoms with van der Waals surface area (Å²) in [5.74, 6) is -1.10. The maximum atomic E-state index is 12.7. The molecule has 0 aliphatic heterocycles. The molecule has 0 aromatic heterocycles. The van der Waals surface area contributed by atoms with E-state index in [-0.39, 0.29) is 31.6 Å². The Kier molecular flexibility index (Phi) is 49.5. The second kappa shape index (κ2) is 52.7. The number of carbonyl (C=O) groups excluding carboxylic acids is 3. The third kappa shape index (κ3) is 50.9. The fraction of sp³-hybridized carbons (Fsp3) is 0.644. The fourth-order valence-corrected chi connectivity index (χ4v) is 6.88. The van der Waals surface area contributed by atoms with E-state index in [1.54, 1.807) is 6.08 Å². The van der Waals surface area contributed by atoms with Gasteiger partial charge in [-0.15, -0.1) is 0 Å². The lowest BCUT2D eigenvalue weighted by molar-refractivity contribution is -0.166. The SMILES string of the molecule is CC/C=C\C/C=C\C/C=C\C/C=C\C/C=C\CC(=O)OC(COC(=O)CCCCC/C=C\C/C=C\C/C=C\CC)COC(=O)CCCCCCCCCCC/C=C\CCCCCCCC. The van der Waals surface area contributed by atoms with Crippen LogP contribution in [0.3, 0.4) is 0 Å². The highest BCUT2D eigenvalue weighted by Gasteiger charge is 2.19. The van der Waals surface area contributed by atoms with Crippen LogP contribution in [-0.4, -0.2) is 37.2 Å². The van der Waals surface area contributed by atoms with Crippen molar-refractivity contribution >= 4 is 17.9 Å². The van der Waals surface area contributed by atoms with Gasteiger partial charge >= 0.3 is 17.9 Å². The zero-order valence-corrected chi connectivity index (χ0v) is 42.0. The van der Waals surface area contributed by atoms with E-state index in [4.69, 9.17) is 14.2 Å². The van der Waals surface area contributed by atoms with E-state index in [1.807, 2.05) is 6.08 Å². The van der Waals surface area contributed by atoms with Gasteiger partial charge in [-0.25, -0.2) is 0 Å². The fourth-order valence-electron chi connectivity index (χ4n) is 6.88. The molecule has 0 aromatic rings. The number of unbranched alkanes of at least 4 members (excludes halogenated alkanes) is 18. The Morgan fingerprint density at radius 2 is 0.646 bits per heavy atom. The molecule has 0 aromatic carbocycles. The highest BCUT2D eigenvalue weighted by atomic mass is 16.6. The summed E-state index contributed by atoms with van der Waals surface area (Å²) in [5, 5.41) is 0. The van der Waals surface area contributed by atoms with Crippen LogP contribution in [0.25, 0.3) is 0 Å². The molecule has 0 bridgehead atoms. The van der Waals surface area contributed by atoms with Gasteiger partial charge in [0.15, 0.2) is 6.10 Å². The van der Waals surface area contributed by atoms with Crippen LogP contribution in [0.2, 0.25) is 0 Å². The van der Waals surface area contributed by atoms with Crippen LogP contribution >= 0.6 is 0 Å². The number of hydrogen-bond acceptors (Lipinski definition) is 6. The zero-order valence-electron chi connectivity index (χ0n) is 42.0. The molecular formula is C59H96O6. The summed E-state index contributed by atoms with van der Waals surface area (Å²) < 4.78 is 16.7. The molecule has 0 saturated heterocycles. The number of esters is 3. The summed E-state index contributed by atoms with van der Waals surface area (Å²) in [6.45, 7) is 6.28. The largest absolute Gasteiger partial charge is 0.462 e. The van der Waals surface area contributed by atoms with Crippen LogP contribution in [0.4, 0.5) is 0 Å². The Morgan fingerprint density at radius 3 is 1.05 bits per heavy atom. The molecule has 1 atom stereocenters. The number of carbonyl (C=O) groups is 3. The van der Waals surface area contributed by atoms with E-state index in [0.29, 0.717) is 19.3 Å². The molecule has 0 rings (SSSR count). The first kappa shape index (κ1) is 61.1. The highest BCUT2D eigenvalue weighted by molar-refractivity contribution is 5.72. The Bertz CT molecular complexity index is 1360. The molecule has 0 spiro atoms. The summed E-state index contributed by atoms with van der Waals surface area (Å²) in [7, 11) is 0. The van der Waals surface area contributed by atoms with Crippen molar-refractivity contribution in [2.45, 2.75) is 232 Å². The topological polar surface area (TPSA) is 78.9 Å². The van der Waals surface area contributed by atoms with Crippen molar-refractivity contribution in [1.29, 1.82) is 0 Å². The standard InChI is InChI=1S/C59H96O6/c1-4-7-10-13-16-19-22-25-27-28-29-30-32-34-37-40-43-46-49-52-58(61)64-55-56(54-63-57(60)51-48-45-42-39-36-33-24-21-18-15-12-9-6-3)65-59(62)53-50-47-44-41-38-35-31-26-23-20-17-14-11-8-5-2/h8-9,11-12,17-18,20-21,25-27,31,33,36,38,41,47,50,56H,4-7,10,13-16,19,22-24,28-30,32,34-35,37,39-40,42-46,48-49,51-55H2,1-3H3/b11-8-,12-9-,20-17-,21-18-,27-25-,31-26-,36-33-,41-38-,50-47-. The molecule has 65 heavy (non-hydrogen) atoms. The number of hydrogen-bond donors (Lipinski definition) is 0. The molecule has 0 aliphatic rings. The molecular weight excluding hydrogens is 805 g/mol. The molecule has 0 fully saturated rings. The van der Waals surface area contributed by atoms with Crippen LogP contribution < -0.4 is 0 Å². The molecule has 0 radical (unpaired) electrons. The van der Waals surface area contributed by atoms with E-state index < -0.39 is 12.1 Å².